The van der Waals surface area contributed by atoms with E-state index in [1.54, 1.807) is 13.2 Å². The number of carbonyl (C=O) groups excluding carboxylic acids is 1. The number of ether oxygens (including phenoxy) is 1. The van der Waals surface area contributed by atoms with E-state index in [-0.39, 0.29) is 5.91 Å². The van der Waals surface area contributed by atoms with Crippen molar-refractivity contribution in [3.05, 3.63) is 30.0 Å². The molecule has 96 valence electrons. The first-order valence-electron chi connectivity index (χ1n) is 5.90. The Labute approximate surface area is 105 Å². The predicted octanol–water partition coefficient (Wildman–Crippen LogP) is 1.26. The molecule has 1 aromatic carbocycles. The van der Waals surface area contributed by atoms with Crippen LogP contribution in [0, 0.1) is 0 Å². The molecule has 0 bridgehead atoms. The second-order valence-corrected chi connectivity index (χ2v) is 4.00. The van der Waals surface area contributed by atoms with Crippen molar-refractivity contribution < 1.29 is 9.53 Å². The lowest BCUT2D eigenvalue weighted by Crippen LogP contribution is -2.26. The zero-order valence-corrected chi connectivity index (χ0v) is 10.3. The number of hydrogen-bond acceptors (Lipinski definition) is 3. The van der Waals surface area contributed by atoms with Crippen LogP contribution in [-0.4, -0.2) is 31.1 Å². The van der Waals surface area contributed by atoms with Crippen LogP contribution in [0.2, 0.25) is 0 Å². The van der Waals surface area contributed by atoms with Crippen molar-refractivity contribution in [3.8, 4) is 5.75 Å². The first-order chi connectivity index (χ1) is 8.76. The fourth-order valence-corrected chi connectivity index (χ4v) is 1.83. The molecule has 0 aliphatic rings. The van der Waals surface area contributed by atoms with Crippen LogP contribution in [0.4, 0.5) is 0 Å². The molecule has 0 radical (unpaired) electrons. The maximum atomic E-state index is 11.9. The second kappa shape index (κ2) is 5.55. The number of rotatable bonds is 5. The number of hydrogen-bond donors (Lipinski definition) is 3. The topological polar surface area (TPSA) is 80.1 Å². The number of methoxy groups -OCH3 is 1. The highest BCUT2D eigenvalue weighted by molar-refractivity contribution is 5.99. The molecule has 2 rings (SSSR count). The molecule has 2 aromatic rings. The highest BCUT2D eigenvalue weighted by atomic mass is 16.5. The third-order valence-electron chi connectivity index (χ3n) is 2.76. The molecule has 1 amide bonds. The lowest BCUT2D eigenvalue weighted by molar-refractivity contribution is 0.0949. The van der Waals surface area contributed by atoms with Gasteiger partial charge in [0.25, 0.3) is 5.91 Å². The van der Waals surface area contributed by atoms with Gasteiger partial charge in [-0.25, -0.2) is 0 Å². The van der Waals surface area contributed by atoms with Crippen molar-refractivity contribution >= 4 is 16.8 Å². The number of aromatic nitrogens is 1. The normalized spacial score (nSPS) is 10.6. The summed E-state index contributed by atoms with van der Waals surface area (Å²) in [5.74, 6) is 0.631. The van der Waals surface area contributed by atoms with E-state index in [0.717, 1.165) is 23.1 Å². The quantitative estimate of drug-likeness (QED) is 0.696. The maximum absolute atomic E-state index is 11.9. The largest absolute Gasteiger partial charge is 0.496 e. The molecule has 0 unspecified atom stereocenters. The van der Waals surface area contributed by atoms with E-state index in [1.165, 1.54) is 0 Å². The van der Waals surface area contributed by atoms with E-state index >= 15 is 0 Å². The van der Waals surface area contributed by atoms with Gasteiger partial charge < -0.3 is 20.8 Å². The Morgan fingerprint density at radius 2 is 2.33 bits per heavy atom. The summed E-state index contributed by atoms with van der Waals surface area (Å²) < 4.78 is 5.25. The molecule has 4 N–H and O–H groups in total. The highest BCUT2D eigenvalue weighted by Gasteiger charge is 2.11. The number of aromatic amines is 1. The van der Waals surface area contributed by atoms with Crippen LogP contribution < -0.4 is 15.8 Å². The molecule has 0 spiro atoms. The minimum absolute atomic E-state index is 0.123. The van der Waals surface area contributed by atoms with Gasteiger partial charge in [0.15, 0.2) is 0 Å². The van der Waals surface area contributed by atoms with E-state index in [1.807, 2.05) is 18.2 Å². The number of carbonyl (C=O) groups is 1. The molecule has 5 heteroatoms. The number of H-pyrrole nitrogens is 1. The lowest BCUT2D eigenvalue weighted by atomic mass is 10.2. The van der Waals surface area contributed by atoms with Gasteiger partial charge >= 0.3 is 0 Å². The molecule has 5 nitrogen and oxygen atoms in total. The maximum Gasteiger partial charge on any atom is 0.267 e. The fraction of sp³-hybridized carbons (Fsp3) is 0.308. The standard InChI is InChI=1S/C13H17N3O2/c1-18-12-5-2-4-10-9(12)8-11(16-10)13(17)15-7-3-6-14/h2,4-5,8,16H,3,6-7,14H2,1H3,(H,15,17). The molecular formula is C13H17N3O2. The molecule has 0 aliphatic carbocycles. The minimum Gasteiger partial charge on any atom is -0.496 e. The first-order valence-corrected chi connectivity index (χ1v) is 5.90. The number of amides is 1. The molecule has 18 heavy (non-hydrogen) atoms. The Bertz CT molecular complexity index is 548. The Hall–Kier alpha value is -2.01. The van der Waals surface area contributed by atoms with Crippen LogP contribution in [0.3, 0.4) is 0 Å². The number of nitrogens with one attached hydrogen (secondary N) is 2. The number of fused-ring (bicyclic) bond motifs is 1. The third-order valence-corrected chi connectivity index (χ3v) is 2.76. The molecular weight excluding hydrogens is 230 g/mol. The summed E-state index contributed by atoms with van der Waals surface area (Å²) in [6, 6.07) is 7.46. The average Bonchev–Trinajstić information content (AvgIpc) is 2.82. The highest BCUT2D eigenvalue weighted by Crippen LogP contribution is 2.25. The SMILES string of the molecule is COc1cccc2[nH]c(C(=O)NCCCN)cc12. The lowest BCUT2D eigenvalue weighted by Gasteiger charge is -2.01. The van der Waals surface area contributed by atoms with Gasteiger partial charge in [-0.3, -0.25) is 4.79 Å². The minimum atomic E-state index is -0.123. The van der Waals surface area contributed by atoms with Gasteiger partial charge in [0.05, 0.1) is 7.11 Å². The monoisotopic (exact) mass is 247 g/mol. The zero-order chi connectivity index (χ0) is 13.0. The zero-order valence-electron chi connectivity index (χ0n) is 10.3. The average molecular weight is 247 g/mol. The summed E-state index contributed by atoms with van der Waals surface area (Å²) >= 11 is 0. The third kappa shape index (κ3) is 2.46. The Morgan fingerprint density at radius 3 is 3.06 bits per heavy atom. The summed E-state index contributed by atoms with van der Waals surface area (Å²) in [6.45, 7) is 1.16. The Morgan fingerprint density at radius 1 is 1.50 bits per heavy atom. The molecule has 0 aliphatic heterocycles. The fourth-order valence-electron chi connectivity index (χ4n) is 1.83. The van der Waals surface area contributed by atoms with Gasteiger partial charge in [0.2, 0.25) is 0 Å². The van der Waals surface area contributed by atoms with Crippen molar-refractivity contribution in [1.29, 1.82) is 0 Å². The number of benzene rings is 1. The Balaban J connectivity index is 2.21. The summed E-state index contributed by atoms with van der Waals surface area (Å²) in [5.41, 5.74) is 6.80. The van der Waals surface area contributed by atoms with Crippen LogP contribution >= 0.6 is 0 Å². The molecule has 0 atom stereocenters. The predicted molar refractivity (Wildman–Crippen MR) is 70.9 cm³/mol. The van der Waals surface area contributed by atoms with Gasteiger partial charge in [-0.2, -0.15) is 0 Å². The molecule has 0 saturated carbocycles. The summed E-state index contributed by atoms with van der Waals surface area (Å²) in [7, 11) is 1.61. The van der Waals surface area contributed by atoms with Crippen LogP contribution in [-0.2, 0) is 0 Å². The number of nitrogens with two attached hydrogens (primary N) is 1. The van der Waals surface area contributed by atoms with Crippen LogP contribution in [0.5, 0.6) is 5.75 Å². The van der Waals surface area contributed by atoms with Gasteiger partial charge in [-0.05, 0) is 31.2 Å². The van der Waals surface area contributed by atoms with Gasteiger partial charge in [0.1, 0.15) is 11.4 Å². The van der Waals surface area contributed by atoms with Gasteiger partial charge in [-0.15, -0.1) is 0 Å². The van der Waals surface area contributed by atoms with Crippen molar-refractivity contribution in [1.82, 2.24) is 10.3 Å². The van der Waals surface area contributed by atoms with E-state index in [0.29, 0.717) is 18.8 Å². The first kappa shape index (κ1) is 12.4. The second-order valence-electron chi connectivity index (χ2n) is 4.00. The van der Waals surface area contributed by atoms with Crippen LogP contribution in [0.1, 0.15) is 16.9 Å². The van der Waals surface area contributed by atoms with Crippen LogP contribution in [0.25, 0.3) is 10.9 Å². The molecule has 0 saturated heterocycles. The van der Waals surface area contributed by atoms with Crippen molar-refractivity contribution in [2.45, 2.75) is 6.42 Å². The van der Waals surface area contributed by atoms with E-state index in [2.05, 4.69) is 10.3 Å². The van der Waals surface area contributed by atoms with Crippen molar-refractivity contribution in [2.24, 2.45) is 5.73 Å². The molecule has 1 aromatic heterocycles. The summed E-state index contributed by atoms with van der Waals surface area (Å²) in [4.78, 5) is 14.9. The van der Waals surface area contributed by atoms with Gasteiger partial charge in [0, 0.05) is 17.4 Å². The van der Waals surface area contributed by atoms with Crippen molar-refractivity contribution in [2.75, 3.05) is 20.2 Å². The van der Waals surface area contributed by atoms with E-state index in [4.69, 9.17) is 10.5 Å². The van der Waals surface area contributed by atoms with Gasteiger partial charge in [-0.1, -0.05) is 6.07 Å². The smallest absolute Gasteiger partial charge is 0.267 e. The van der Waals surface area contributed by atoms with E-state index in [9.17, 15) is 4.79 Å². The summed E-state index contributed by atoms with van der Waals surface area (Å²) in [5, 5.41) is 3.71. The Kier molecular flexibility index (Phi) is 3.84. The molecule has 0 fully saturated rings. The van der Waals surface area contributed by atoms with Crippen LogP contribution in [0.15, 0.2) is 24.3 Å². The summed E-state index contributed by atoms with van der Waals surface area (Å²) in [6.07, 6.45) is 0.773. The molecule has 1 heterocycles. The van der Waals surface area contributed by atoms with E-state index < -0.39 is 0 Å². The van der Waals surface area contributed by atoms with Crippen molar-refractivity contribution in [3.63, 3.8) is 0 Å².